The summed E-state index contributed by atoms with van der Waals surface area (Å²) in [5.41, 5.74) is 1.75. The highest BCUT2D eigenvalue weighted by atomic mass is 19.1. The largest absolute Gasteiger partial charge is 0.507 e. The summed E-state index contributed by atoms with van der Waals surface area (Å²) < 4.78 is 18.8. The van der Waals surface area contributed by atoms with Crippen LogP contribution in [-0.2, 0) is 0 Å². The summed E-state index contributed by atoms with van der Waals surface area (Å²) in [7, 11) is 1.53. The van der Waals surface area contributed by atoms with Crippen LogP contribution >= 0.6 is 0 Å². The molecule has 88 valence electrons. The van der Waals surface area contributed by atoms with E-state index in [1.54, 1.807) is 24.3 Å². The molecule has 0 aliphatic heterocycles. The molecular formula is C14H13FO2. The maximum Gasteiger partial charge on any atom is 0.131 e. The Labute approximate surface area is 99.3 Å². The zero-order valence-electron chi connectivity index (χ0n) is 9.70. The third kappa shape index (κ3) is 2.23. The Kier molecular flexibility index (Phi) is 3.00. The van der Waals surface area contributed by atoms with Crippen molar-refractivity contribution in [3.05, 3.63) is 47.8 Å². The number of aryl methyl sites for hydroxylation is 1. The van der Waals surface area contributed by atoms with Crippen molar-refractivity contribution in [3.63, 3.8) is 0 Å². The molecule has 0 unspecified atom stereocenters. The van der Waals surface area contributed by atoms with Gasteiger partial charge in [-0.05, 0) is 37.3 Å². The Morgan fingerprint density at radius 1 is 1.06 bits per heavy atom. The summed E-state index contributed by atoms with van der Waals surface area (Å²) in [6, 6.07) is 9.53. The van der Waals surface area contributed by atoms with E-state index < -0.39 is 0 Å². The molecule has 0 bridgehead atoms. The second kappa shape index (κ2) is 4.45. The van der Waals surface area contributed by atoms with Crippen LogP contribution in [0, 0.1) is 12.7 Å². The Hall–Kier alpha value is -2.03. The molecule has 0 aromatic heterocycles. The van der Waals surface area contributed by atoms with Gasteiger partial charge in [0.15, 0.2) is 0 Å². The number of phenols is 1. The Morgan fingerprint density at radius 2 is 1.82 bits per heavy atom. The zero-order chi connectivity index (χ0) is 12.4. The number of halogens is 1. The first-order chi connectivity index (χ1) is 8.11. The number of rotatable bonds is 2. The smallest absolute Gasteiger partial charge is 0.131 e. The maximum absolute atomic E-state index is 13.7. The lowest BCUT2D eigenvalue weighted by Crippen LogP contribution is -1.89. The molecule has 0 saturated heterocycles. The number of aromatic hydroxyl groups is 1. The summed E-state index contributed by atoms with van der Waals surface area (Å²) in [4.78, 5) is 0. The predicted octanol–water partition coefficient (Wildman–Crippen LogP) is 3.52. The number of hydrogen-bond acceptors (Lipinski definition) is 2. The summed E-state index contributed by atoms with van der Waals surface area (Å²) in [6.45, 7) is 1.88. The summed E-state index contributed by atoms with van der Waals surface area (Å²) >= 11 is 0. The zero-order valence-corrected chi connectivity index (χ0v) is 9.70. The highest BCUT2D eigenvalue weighted by molar-refractivity contribution is 5.72. The monoisotopic (exact) mass is 232 g/mol. The minimum absolute atomic E-state index is 0.0373. The van der Waals surface area contributed by atoms with Crippen LogP contribution in [0.5, 0.6) is 11.5 Å². The molecular weight excluding hydrogens is 219 g/mol. The molecule has 3 heteroatoms. The Bertz CT molecular complexity index is 550. The van der Waals surface area contributed by atoms with E-state index >= 15 is 0 Å². The fourth-order valence-corrected chi connectivity index (χ4v) is 1.70. The van der Waals surface area contributed by atoms with Crippen molar-refractivity contribution in [2.45, 2.75) is 6.92 Å². The first kappa shape index (κ1) is 11.5. The van der Waals surface area contributed by atoms with E-state index in [-0.39, 0.29) is 11.6 Å². The van der Waals surface area contributed by atoms with Gasteiger partial charge in [0.25, 0.3) is 0 Å². The van der Waals surface area contributed by atoms with E-state index in [9.17, 15) is 9.50 Å². The van der Waals surface area contributed by atoms with Crippen molar-refractivity contribution in [2.24, 2.45) is 0 Å². The molecule has 0 aliphatic rings. The van der Waals surface area contributed by atoms with E-state index in [0.717, 1.165) is 5.56 Å². The van der Waals surface area contributed by atoms with E-state index in [1.165, 1.54) is 19.2 Å². The maximum atomic E-state index is 13.7. The van der Waals surface area contributed by atoms with Crippen molar-refractivity contribution in [3.8, 4) is 22.6 Å². The van der Waals surface area contributed by atoms with E-state index in [1.807, 2.05) is 6.92 Å². The Balaban J connectivity index is 2.62. The molecule has 0 heterocycles. The predicted molar refractivity (Wildman–Crippen MR) is 64.8 cm³/mol. The quantitative estimate of drug-likeness (QED) is 0.858. The third-order valence-electron chi connectivity index (χ3n) is 2.62. The first-order valence-electron chi connectivity index (χ1n) is 5.25. The molecule has 0 radical (unpaired) electrons. The van der Waals surface area contributed by atoms with Crippen molar-refractivity contribution >= 4 is 0 Å². The van der Waals surface area contributed by atoms with Crippen LogP contribution in [0.25, 0.3) is 11.1 Å². The van der Waals surface area contributed by atoms with Crippen LogP contribution in [0.15, 0.2) is 36.4 Å². The van der Waals surface area contributed by atoms with E-state index in [4.69, 9.17) is 4.74 Å². The molecule has 0 spiro atoms. The van der Waals surface area contributed by atoms with Gasteiger partial charge in [0.2, 0.25) is 0 Å². The molecule has 2 aromatic rings. The number of methoxy groups -OCH3 is 1. The SMILES string of the molecule is COc1ccc(O)c(-c2cc(C)ccc2F)c1. The van der Waals surface area contributed by atoms with Crippen LogP contribution in [0.1, 0.15) is 5.56 Å². The van der Waals surface area contributed by atoms with Gasteiger partial charge in [-0.2, -0.15) is 0 Å². The summed E-state index contributed by atoms with van der Waals surface area (Å²) in [6.07, 6.45) is 0. The van der Waals surface area contributed by atoms with Gasteiger partial charge in [-0.15, -0.1) is 0 Å². The second-order valence-electron chi connectivity index (χ2n) is 3.87. The second-order valence-corrected chi connectivity index (χ2v) is 3.87. The topological polar surface area (TPSA) is 29.5 Å². The average Bonchev–Trinajstić information content (AvgIpc) is 2.33. The van der Waals surface area contributed by atoms with Crippen LogP contribution in [0.4, 0.5) is 4.39 Å². The lowest BCUT2D eigenvalue weighted by molar-refractivity contribution is 0.412. The first-order valence-corrected chi connectivity index (χ1v) is 5.25. The lowest BCUT2D eigenvalue weighted by atomic mass is 10.0. The van der Waals surface area contributed by atoms with Gasteiger partial charge in [0, 0.05) is 11.1 Å². The molecule has 2 nitrogen and oxygen atoms in total. The average molecular weight is 232 g/mol. The van der Waals surface area contributed by atoms with Crippen LogP contribution < -0.4 is 4.74 Å². The molecule has 1 N–H and O–H groups in total. The summed E-state index contributed by atoms with van der Waals surface area (Å²) in [5, 5.41) is 9.78. The van der Waals surface area contributed by atoms with Gasteiger partial charge in [-0.3, -0.25) is 0 Å². The van der Waals surface area contributed by atoms with E-state index in [2.05, 4.69) is 0 Å². The standard InChI is InChI=1S/C14H13FO2/c1-9-3-5-13(15)11(7-9)12-8-10(17-2)4-6-14(12)16/h3-8,16H,1-2H3. The third-order valence-corrected chi connectivity index (χ3v) is 2.62. The number of hydrogen-bond donors (Lipinski definition) is 1. The van der Waals surface area contributed by atoms with Gasteiger partial charge in [-0.1, -0.05) is 11.6 Å². The molecule has 2 aromatic carbocycles. The van der Waals surface area contributed by atoms with Crippen molar-refractivity contribution in [1.82, 2.24) is 0 Å². The van der Waals surface area contributed by atoms with Crippen molar-refractivity contribution in [2.75, 3.05) is 7.11 Å². The van der Waals surface area contributed by atoms with Crippen LogP contribution in [-0.4, -0.2) is 12.2 Å². The summed E-state index contributed by atoms with van der Waals surface area (Å²) in [5.74, 6) is 0.258. The lowest BCUT2D eigenvalue weighted by Gasteiger charge is -2.09. The Morgan fingerprint density at radius 3 is 2.53 bits per heavy atom. The van der Waals surface area contributed by atoms with Gasteiger partial charge in [0.1, 0.15) is 17.3 Å². The van der Waals surface area contributed by atoms with Gasteiger partial charge in [0.05, 0.1) is 7.11 Å². The minimum atomic E-state index is -0.362. The fourth-order valence-electron chi connectivity index (χ4n) is 1.70. The van der Waals surface area contributed by atoms with Gasteiger partial charge in [-0.25, -0.2) is 4.39 Å². The highest BCUT2D eigenvalue weighted by Gasteiger charge is 2.10. The van der Waals surface area contributed by atoms with Crippen molar-refractivity contribution < 1.29 is 14.2 Å². The van der Waals surface area contributed by atoms with Gasteiger partial charge >= 0.3 is 0 Å². The van der Waals surface area contributed by atoms with E-state index in [0.29, 0.717) is 16.9 Å². The molecule has 0 amide bonds. The molecule has 0 fully saturated rings. The molecule has 0 atom stereocenters. The van der Waals surface area contributed by atoms with Gasteiger partial charge < -0.3 is 9.84 Å². The molecule has 17 heavy (non-hydrogen) atoms. The van der Waals surface area contributed by atoms with Crippen LogP contribution in [0.2, 0.25) is 0 Å². The normalized spacial score (nSPS) is 10.3. The molecule has 0 aliphatic carbocycles. The molecule has 2 rings (SSSR count). The molecule has 0 saturated carbocycles. The number of phenolic OH excluding ortho intramolecular Hbond substituents is 1. The number of ether oxygens (including phenoxy) is 1. The fraction of sp³-hybridized carbons (Fsp3) is 0.143. The van der Waals surface area contributed by atoms with Crippen molar-refractivity contribution in [1.29, 1.82) is 0 Å². The number of benzene rings is 2. The van der Waals surface area contributed by atoms with Crippen LogP contribution in [0.3, 0.4) is 0 Å². The minimum Gasteiger partial charge on any atom is -0.507 e. The highest BCUT2D eigenvalue weighted by Crippen LogP contribution is 2.34.